The highest BCUT2D eigenvalue weighted by molar-refractivity contribution is 5.85. The number of nitriles is 2. The van der Waals surface area contributed by atoms with E-state index in [4.69, 9.17) is 0 Å². The van der Waals surface area contributed by atoms with E-state index < -0.39 is 5.41 Å². The van der Waals surface area contributed by atoms with Crippen LogP contribution >= 0.6 is 0 Å². The van der Waals surface area contributed by atoms with E-state index in [0.717, 1.165) is 22.3 Å². The van der Waals surface area contributed by atoms with E-state index in [1.807, 2.05) is 36.4 Å². The maximum atomic E-state index is 10.0. The van der Waals surface area contributed by atoms with Crippen LogP contribution in [0.3, 0.4) is 0 Å². The second-order valence-corrected chi connectivity index (χ2v) is 6.85. The molecule has 0 amide bonds. The summed E-state index contributed by atoms with van der Waals surface area (Å²) in [4.78, 5) is 0. The minimum atomic E-state index is -0.509. The van der Waals surface area contributed by atoms with Gasteiger partial charge in [-0.15, -0.1) is 0 Å². The third-order valence-electron chi connectivity index (χ3n) is 6.02. The summed E-state index contributed by atoms with van der Waals surface area (Å²) in [7, 11) is 0. The molecule has 0 N–H and O–H groups in total. The van der Waals surface area contributed by atoms with Crippen molar-refractivity contribution in [3.8, 4) is 12.1 Å². The Labute approximate surface area is 141 Å². The van der Waals surface area contributed by atoms with Crippen molar-refractivity contribution in [3.05, 3.63) is 89.5 Å². The molecule has 2 heteroatoms. The van der Waals surface area contributed by atoms with Gasteiger partial charge in [-0.1, -0.05) is 72.8 Å². The highest BCUT2D eigenvalue weighted by Crippen LogP contribution is 2.83. The predicted molar refractivity (Wildman–Crippen MR) is 91.3 cm³/mol. The minimum absolute atomic E-state index is 0.0391. The Morgan fingerprint density at radius 1 is 0.833 bits per heavy atom. The van der Waals surface area contributed by atoms with Crippen molar-refractivity contribution in [2.24, 2.45) is 17.3 Å². The Kier molecular flexibility index (Phi) is 2.36. The first kappa shape index (κ1) is 13.3. The molecule has 3 aliphatic rings. The predicted octanol–water partition coefficient (Wildman–Crippen LogP) is 4.24. The van der Waals surface area contributed by atoms with Crippen molar-refractivity contribution in [2.75, 3.05) is 0 Å². The SMILES string of the molecule is N#CC1=C[C@]2(c3ccccc3)[C@@H]3[C@H]1C(c1ccccc1)=C[C@@]32C#N. The molecule has 4 atom stereocenters. The molecular formula is C22H14N2. The first-order valence-electron chi connectivity index (χ1n) is 8.16. The fraction of sp³-hybridized carbons (Fsp3) is 0.182. The average molecular weight is 306 g/mol. The summed E-state index contributed by atoms with van der Waals surface area (Å²) < 4.78 is 0. The van der Waals surface area contributed by atoms with Gasteiger partial charge in [-0.05, 0) is 16.7 Å². The summed E-state index contributed by atoms with van der Waals surface area (Å²) in [6.07, 6.45) is 4.22. The lowest BCUT2D eigenvalue weighted by atomic mass is 9.84. The summed E-state index contributed by atoms with van der Waals surface area (Å²) in [6, 6.07) is 25.3. The zero-order chi connectivity index (χ0) is 16.4. The third kappa shape index (κ3) is 1.28. The van der Waals surface area contributed by atoms with Crippen molar-refractivity contribution in [2.45, 2.75) is 5.41 Å². The lowest BCUT2D eigenvalue weighted by molar-refractivity contribution is 0.653. The summed E-state index contributed by atoms with van der Waals surface area (Å²) in [5, 5.41) is 19.7. The summed E-state index contributed by atoms with van der Waals surface area (Å²) in [5.41, 5.74) is 3.38. The van der Waals surface area contributed by atoms with Crippen molar-refractivity contribution in [1.82, 2.24) is 0 Å². The normalized spacial score (nSPS) is 34.6. The molecule has 0 unspecified atom stereocenters. The van der Waals surface area contributed by atoms with Gasteiger partial charge in [-0.2, -0.15) is 10.5 Å². The molecular weight excluding hydrogens is 292 g/mol. The summed E-state index contributed by atoms with van der Waals surface area (Å²) in [6.45, 7) is 0. The molecule has 0 aliphatic heterocycles. The van der Waals surface area contributed by atoms with Crippen LogP contribution < -0.4 is 0 Å². The Morgan fingerprint density at radius 3 is 2.12 bits per heavy atom. The van der Waals surface area contributed by atoms with E-state index in [1.54, 1.807) is 0 Å². The van der Waals surface area contributed by atoms with Gasteiger partial charge >= 0.3 is 0 Å². The van der Waals surface area contributed by atoms with Gasteiger partial charge in [0.15, 0.2) is 0 Å². The third-order valence-corrected chi connectivity index (χ3v) is 6.02. The molecule has 1 saturated carbocycles. The quantitative estimate of drug-likeness (QED) is 0.833. The van der Waals surface area contributed by atoms with Crippen molar-refractivity contribution in [1.29, 1.82) is 10.5 Å². The van der Waals surface area contributed by atoms with Gasteiger partial charge in [0.1, 0.15) is 0 Å². The van der Waals surface area contributed by atoms with Crippen LogP contribution in [0.25, 0.3) is 5.57 Å². The minimum Gasteiger partial charge on any atom is -0.197 e. The molecule has 0 radical (unpaired) electrons. The van der Waals surface area contributed by atoms with Crippen molar-refractivity contribution < 1.29 is 0 Å². The molecule has 0 heterocycles. The van der Waals surface area contributed by atoms with Crippen LogP contribution in [0.4, 0.5) is 0 Å². The average Bonchev–Trinajstić information content (AvgIpc) is 2.92. The highest BCUT2D eigenvalue weighted by Gasteiger charge is 2.84. The van der Waals surface area contributed by atoms with Crippen LogP contribution in [-0.2, 0) is 5.41 Å². The Balaban J connectivity index is 1.74. The van der Waals surface area contributed by atoms with Crippen molar-refractivity contribution in [3.63, 3.8) is 0 Å². The van der Waals surface area contributed by atoms with Gasteiger partial charge < -0.3 is 0 Å². The maximum Gasteiger partial charge on any atom is 0.0950 e. The van der Waals surface area contributed by atoms with Crippen LogP contribution in [0, 0.1) is 39.9 Å². The number of benzene rings is 2. The molecule has 2 nitrogen and oxygen atoms in total. The molecule has 112 valence electrons. The molecule has 2 aromatic carbocycles. The van der Waals surface area contributed by atoms with Crippen LogP contribution in [-0.4, -0.2) is 0 Å². The monoisotopic (exact) mass is 306 g/mol. The lowest BCUT2D eigenvalue weighted by Gasteiger charge is -2.17. The summed E-state index contributed by atoms with van der Waals surface area (Å²) in [5.74, 6) is 0.194. The van der Waals surface area contributed by atoms with Crippen LogP contribution in [0.2, 0.25) is 0 Å². The molecule has 0 aromatic heterocycles. The van der Waals surface area contributed by atoms with E-state index >= 15 is 0 Å². The van der Waals surface area contributed by atoms with Gasteiger partial charge in [0.2, 0.25) is 0 Å². The zero-order valence-electron chi connectivity index (χ0n) is 13.0. The standard InChI is InChI=1S/C22H14N2/c23-13-16-11-22(17-9-5-2-6-10-17)20-19(16)18(12-21(20,22)14-24)15-7-3-1-4-8-15/h1-12,19-20H/t19-,20-,21-,22+/m1/s1. The molecule has 0 bridgehead atoms. The maximum absolute atomic E-state index is 10.0. The number of rotatable bonds is 2. The fourth-order valence-corrected chi connectivity index (χ4v) is 5.10. The number of allylic oxidation sites excluding steroid dienone is 4. The highest BCUT2D eigenvalue weighted by atomic mass is 14.8. The first-order valence-corrected chi connectivity index (χ1v) is 8.16. The Bertz CT molecular complexity index is 988. The van der Waals surface area contributed by atoms with Crippen LogP contribution in [0.15, 0.2) is 78.4 Å². The number of fused-ring (bicyclic) bond motifs is 1. The second-order valence-electron chi connectivity index (χ2n) is 6.85. The van der Waals surface area contributed by atoms with Crippen LogP contribution in [0.5, 0.6) is 0 Å². The van der Waals surface area contributed by atoms with Gasteiger partial charge in [-0.3, -0.25) is 0 Å². The first-order chi connectivity index (χ1) is 11.8. The second kappa shape index (κ2) is 4.25. The Hall–Kier alpha value is -3.10. The Morgan fingerprint density at radius 2 is 1.50 bits per heavy atom. The molecule has 0 spiro atoms. The van der Waals surface area contributed by atoms with Gasteiger partial charge in [0, 0.05) is 22.8 Å². The van der Waals surface area contributed by atoms with Gasteiger partial charge in [0.05, 0.1) is 17.6 Å². The molecule has 0 saturated heterocycles. The molecule has 3 aliphatic carbocycles. The fourth-order valence-electron chi connectivity index (χ4n) is 5.10. The molecule has 5 rings (SSSR count). The molecule has 24 heavy (non-hydrogen) atoms. The van der Waals surface area contributed by atoms with Gasteiger partial charge in [0.25, 0.3) is 0 Å². The molecule has 2 aromatic rings. The zero-order valence-corrected chi connectivity index (χ0v) is 13.0. The van der Waals surface area contributed by atoms with E-state index in [0.29, 0.717) is 0 Å². The molecule has 1 fully saturated rings. The smallest absolute Gasteiger partial charge is 0.0950 e. The van der Waals surface area contributed by atoms with Crippen LogP contribution in [0.1, 0.15) is 11.1 Å². The summed E-state index contributed by atoms with van der Waals surface area (Å²) >= 11 is 0. The van der Waals surface area contributed by atoms with Gasteiger partial charge in [-0.25, -0.2) is 0 Å². The van der Waals surface area contributed by atoms with E-state index in [-0.39, 0.29) is 17.3 Å². The van der Waals surface area contributed by atoms with E-state index in [1.165, 1.54) is 0 Å². The largest absolute Gasteiger partial charge is 0.197 e. The topological polar surface area (TPSA) is 47.6 Å². The van der Waals surface area contributed by atoms with Crippen molar-refractivity contribution >= 4 is 5.57 Å². The number of hydrogen-bond acceptors (Lipinski definition) is 2. The lowest BCUT2D eigenvalue weighted by Crippen LogP contribution is -2.13. The van der Waals surface area contributed by atoms with E-state index in [2.05, 4.69) is 48.6 Å². The number of nitrogens with zero attached hydrogens (tertiary/aromatic N) is 2. The number of hydrogen-bond donors (Lipinski definition) is 0. The van der Waals surface area contributed by atoms with E-state index in [9.17, 15) is 10.5 Å².